The van der Waals surface area contributed by atoms with Gasteiger partial charge < -0.3 is 4.57 Å². The summed E-state index contributed by atoms with van der Waals surface area (Å²) < 4.78 is 2.51. The standard InChI is InChI=1S/C54H46N2/c1-34-19-10-12-25-44(34)36(3)39(6)55-53(41-21-8-7-9-22-41)37(4)42-23-18-24-43(33-42)56-49-30-17-16-29-48(49)52-47-28-15-14-27-46(47)51(38(5)54(52)56)50-35(2)31-32-40-20-11-13-26-45(40)50/h7-33,37H,1-6H3/b39-36+,55-53?. The molecule has 1 heterocycles. The van der Waals surface area contributed by atoms with Crippen molar-refractivity contribution in [2.45, 2.75) is 47.5 Å². The number of aromatic nitrogens is 1. The number of hydrogen-bond donors (Lipinski definition) is 0. The van der Waals surface area contributed by atoms with Gasteiger partial charge in [-0.25, -0.2) is 0 Å². The second-order valence-electron chi connectivity index (χ2n) is 15.3. The predicted molar refractivity (Wildman–Crippen MR) is 242 cm³/mol. The highest BCUT2D eigenvalue weighted by Crippen LogP contribution is 2.46. The molecule has 272 valence electrons. The molecule has 2 heteroatoms. The van der Waals surface area contributed by atoms with E-state index >= 15 is 0 Å². The quantitative estimate of drug-likeness (QED) is 0.146. The molecule has 2 nitrogen and oxygen atoms in total. The van der Waals surface area contributed by atoms with Crippen molar-refractivity contribution < 1.29 is 0 Å². The van der Waals surface area contributed by atoms with Gasteiger partial charge in [-0.1, -0.05) is 153 Å². The van der Waals surface area contributed by atoms with Crippen LogP contribution in [0.15, 0.2) is 174 Å². The molecule has 0 radical (unpaired) electrons. The molecule has 0 saturated heterocycles. The van der Waals surface area contributed by atoms with Crippen molar-refractivity contribution in [1.29, 1.82) is 0 Å². The molecule has 9 rings (SSSR count). The number of rotatable bonds is 7. The number of para-hydroxylation sites is 1. The molecule has 0 bridgehead atoms. The summed E-state index contributed by atoms with van der Waals surface area (Å²) in [6, 6.07) is 59.7. The van der Waals surface area contributed by atoms with Crippen LogP contribution in [0.3, 0.4) is 0 Å². The highest BCUT2D eigenvalue weighted by atomic mass is 15.0. The lowest BCUT2D eigenvalue weighted by Gasteiger charge is -2.20. The van der Waals surface area contributed by atoms with E-state index in [1.807, 2.05) is 0 Å². The molecule has 1 unspecified atom stereocenters. The molecule has 8 aromatic carbocycles. The molecular weight excluding hydrogens is 677 g/mol. The number of fused-ring (bicyclic) bond motifs is 6. The van der Waals surface area contributed by atoms with Gasteiger partial charge in [-0.15, -0.1) is 0 Å². The summed E-state index contributed by atoms with van der Waals surface area (Å²) in [7, 11) is 0. The third-order valence-corrected chi connectivity index (χ3v) is 11.9. The van der Waals surface area contributed by atoms with E-state index in [-0.39, 0.29) is 5.92 Å². The number of nitrogens with zero attached hydrogens (tertiary/aromatic N) is 2. The average Bonchev–Trinajstić information content (AvgIpc) is 3.59. The van der Waals surface area contributed by atoms with Gasteiger partial charge in [0.2, 0.25) is 0 Å². The van der Waals surface area contributed by atoms with Gasteiger partial charge in [0.25, 0.3) is 0 Å². The van der Waals surface area contributed by atoms with Crippen LogP contribution < -0.4 is 0 Å². The third-order valence-electron chi connectivity index (χ3n) is 11.9. The van der Waals surface area contributed by atoms with Gasteiger partial charge >= 0.3 is 0 Å². The zero-order valence-corrected chi connectivity index (χ0v) is 33.1. The van der Waals surface area contributed by atoms with Gasteiger partial charge in [0.05, 0.1) is 16.7 Å². The number of benzene rings is 8. The van der Waals surface area contributed by atoms with Crippen LogP contribution in [0.2, 0.25) is 0 Å². The van der Waals surface area contributed by atoms with Gasteiger partial charge in [0.1, 0.15) is 0 Å². The van der Waals surface area contributed by atoms with Crippen molar-refractivity contribution in [2.75, 3.05) is 0 Å². The lowest BCUT2D eigenvalue weighted by molar-refractivity contribution is 1.00. The van der Waals surface area contributed by atoms with Gasteiger partial charge in [0.15, 0.2) is 0 Å². The lowest BCUT2D eigenvalue weighted by atomic mass is 9.86. The van der Waals surface area contributed by atoms with Crippen molar-refractivity contribution in [1.82, 2.24) is 4.57 Å². The minimum absolute atomic E-state index is 0.0286. The summed E-state index contributed by atoms with van der Waals surface area (Å²) >= 11 is 0. The molecule has 1 aromatic heterocycles. The number of aryl methyl sites for hydroxylation is 3. The Morgan fingerprint density at radius 1 is 0.554 bits per heavy atom. The summed E-state index contributed by atoms with van der Waals surface area (Å²) in [6.07, 6.45) is 0. The Bertz CT molecular complexity index is 3030. The van der Waals surface area contributed by atoms with Crippen molar-refractivity contribution >= 4 is 54.6 Å². The van der Waals surface area contributed by atoms with E-state index in [2.05, 4.69) is 210 Å². The van der Waals surface area contributed by atoms with Crippen molar-refractivity contribution in [3.05, 3.63) is 203 Å². The first-order valence-electron chi connectivity index (χ1n) is 19.7. The Kier molecular flexibility index (Phi) is 8.98. The highest BCUT2D eigenvalue weighted by Gasteiger charge is 2.24. The number of hydrogen-bond acceptors (Lipinski definition) is 1. The van der Waals surface area contributed by atoms with Crippen LogP contribution in [0, 0.1) is 20.8 Å². The Balaban J connectivity index is 1.29. The van der Waals surface area contributed by atoms with Gasteiger partial charge in [-0.2, -0.15) is 0 Å². The first-order chi connectivity index (χ1) is 27.3. The first-order valence-corrected chi connectivity index (χ1v) is 19.7. The third kappa shape index (κ3) is 5.85. The average molecular weight is 723 g/mol. The van der Waals surface area contributed by atoms with E-state index in [0.717, 1.165) is 22.7 Å². The molecule has 9 aromatic rings. The molecule has 0 saturated carbocycles. The summed E-state index contributed by atoms with van der Waals surface area (Å²) in [6.45, 7) is 13.4. The van der Waals surface area contributed by atoms with E-state index in [0.29, 0.717) is 0 Å². The van der Waals surface area contributed by atoms with Crippen LogP contribution in [0.4, 0.5) is 0 Å². The van der Waals surface area contributed by atoms with E-state index in [1.165, 1.54) is 87.9 Å². The molecular formula is C54H46N2. The predicted octanol–water partition coefficient (Wildman–Crippen LogP) is 14.7. The molecule has 0 spiro atoms. The Morgan fingerprint density at radius 2 is 1.21 bits per heavy atom. The Hall–Kier alpha value is -6.51. The van der Waals surface area contributed by atoms with Gasteiger partial charge in [-0.05, 0) is 124 Å². The molecule has 0 fully saturated rings. The molecule has 0 aliphatic carbocycles. The van der Waals surface area contributed by atoms with Crippen molar-refractivity contribution in [2.24, 2.45) is 4.99 Å². The molecule has 56 heavy (non-hydrogen) atoms. The van der Waals surface area contributed by atoms with E-state index in [9.17, 15) is 0 Å². The van der Waals surface area contributed by atoms with E-state index in [1.54, 1.807) is 0 Å². The normalized spacial score (nSPS) is 13.1. The maximum Gasteiger partial charge on any atom is 0.0582 e. The smallest absolute Gasteiger partial charge is 0.0582 e. The molecule has 0 N–H and O–H groups in total. The monoisotopic (exact) mass is 722 g/mol. The van der Waals surface area contributed by atoms with Gasteiger partial charge in [-0.3, -0.25) is 4.99 Å². The van der Waals surface area contributed by atoms with Crippen molar-refractivity contribution in [3.8, 4) is 16.8 Å². The van der Waals surface area contributed by atoms with Crippen LogP contribution in [-0.4, -0.2) is 10.3 Å². The van der Waals surface area contributed by atoms with Crippen LogP contribution in [0.25, 0.3) is 65.7 Å². The summed E-state index contributed by atoms with van der Waals surface area (Å²) in [5.41, 5.74) is 16.9. The fraction of sp³-hybridized carbons (Fsp3) is 0.130. The number of aliphatic imine (C=N–C) groups is 1. The van der Waals surface area contributed by atoms with Gasteiger partial charge in [0, 0.05) is 28.1 Å². The van der Waals surface area contributed by atoms with Crippen LogP contribution in [0.5, 0.6) is 0 Å². The van der Waals surface area contributed by atoms with Crippen LogP contribution >= 0.6 is 0 Å². The lowest BCUT2D eigenvalue weighted by Crippen LogP contribution is -2.12. The largest absolute Gasteiger partial charge is 0.309 e. The first kappa shape index (κ1) is 35.2. The SMILES string of the molecule is C/C(N=C(c1ccccc1)C(C)c1cccc(-n2c3ccccc3c3c4ccccc4c(-c4c(C)ccc5ccccc45)c(C)c32)c1)=C(/C)c1ccccc1C. The van der Waals surface area contributed by atoms with Crippen molar-refractivity contribution in [3.63, 3.8) is 0 Å². The number of allylic oxidation sites excluding steroid dienone is 2. The maximum absolute atomic E-state index is 5.45. The fourth-order valence-corrected chi connectivity index (χ4v) is 8.97. The topological polar surface area (TPSA) is 17.3 Å². The second-order valence-corrected chi connectivity index (χ2v) is 15.3. The highest BCUT2D eigenvalue weighted by molar-refractivity contribution is 6.26. The van der Waals surface area contributed by atoms with E-state index < -0.39 is 0 Å². The minimum atomic E-state index is 0.0286. The Morgan fingerprint density at radius 3 is 2.00 bits per heavy atom. The summed E-state index contributed by atoms with van der Waals surface area (Å²) in [4.78, 5) is 5.45. The molecule has 0 aliphatic heterocycles. The molecule has 0 aliphatic rings. The maximum atomic E-state index is 5.45. The molecule has 0 amide bonds. The van der Waals surface area contributed by atoms with E-state index in [4.69, 9.17) is 4.99 Å². The summed E-state index contributed by atoms with van der Waals surface area (Å²) in [5.74, 6) is 0.0286. The van der Waals surface area contributed by atoms with Crippen LogP contribution in [-0.2, 0) is 0 Å². The second kappa shape index (κ2) is 14.3. The Labute approximate surface area is 330 Å². The fourth-order valence-electron chi connectivity index (χ4n) is 8.97. The zero-order valence-electron chi connectivity index (χ0n) is 33.1. The zero-order chi connectivity index (χ0) is 38.5. The summed E-state index contributed by atoms with van der Waals surface area (Å²) in [5, 5.41) is 7.67. The molecule has 1 atom stereocenters. The minimum Gasteiger partial charge on any atom is -0.309 e. The van der Waals surface area contributed by atoms with Crippen LogP contribution in [0.1, 0.15) is 60.1 Å².